The van der Waals surface area contributed by atoms with E-state index < -0.39 is 29.1 Å². The molecule has 152 valence electrons. The van der Waals surface area contributed by atoms with Gasteiger partial charge >= 0.3 is 0 Å². The molecule has 0 atom stereocenters. The van der Waals surface area contributed by atoms with E-state index in [1.54, 1.807) is 0 Å². The zero-order chi connectivity index (χ0) is 20.3. The van der Waals surface area contributed by atoms with Gasteiger partial charge in [0.1, 0.15) is 11.6 Å². The molecular weight excluding hydrogens is 371 g/mol. The van der Waals surface area contributed by atoms with Gasteiger partial charge in [0, 0.05) is 5.56 Å². The molecule has 0 unspecified atom stereocenters. The van der Waals surface area contributed by atoms with Crippen LogP contribution in [-0.2, 0) is 12.8 Å². The number of hydrogen-bond donors (Lipinski definition) is 0. The number of benzene rings is 2. The van der Waals surface area contributed by atoms with E-state index in [9.17, 15) is 22.0 Å². The average Bonchev–Trinajstić information content (AvgIpc) is 2.66. The first-order valence-electron chi connectivity index (χ1n) is 10.00. The normalized spacial score (nSPS) is 19.8. The molecule has 2 aromatic rings. The first kappa shape index (κ1) is 20.8. The molecular formula is C23H25F5. The van der Waals surface area contributed by atoms with Crippen molar-refractivity contribution in [3.63, 3.8) is 0 Å². The minimum atomic E-state index is -1.54. The highest BCUT2D eigenvalue weighted by Crippen LogP contribution is 2.38. The summed E-state index contributed by atoms with van der Waals surface area (Å²) < 4.78 is 68.7. The van der Waals surface area contributed by atoms with Crippen molar-refractivity contribution in [2.45, 2.75) is 64.2 Å². The fourth-order valence-electron chi connectivity index (χ4n) is 4.31. The summed E-state index contributed by atoms with van der Waals surface area (Å²) in [7, 11) is 0. The predicted molar refractivity (Wildman–Crippen MR) is 99.7 cm³/mol. The third kappa shape index (κ3) is 4.73. The van der Waals surface area contributed by atoms with Gasteiger partial charge in [-0.1, -0.05) is 19.8 Å². The fraction of sp³-hybridized carbons (Fsp3) is 0.478. The summed E-state index contributed by atoms with van der Waals surface area (Å²) in [6.45, 7) is 2.17. The lowest BCUT2D eigenvalue weighted by Crippen LogP contribution is -2.14. The SMILES string of the molecule is CCC[C@H]1CC[C@H](c2cc(F)c(CCc3cc(F)c(F)c(F)c3)c(F)c2)CC1. The zero-order valence-corrected chi connectivity index (χ0v) is 16.0. The first-order valence-corrected chi connectivity index (χ1v) is 10.00. The third-order valence-electron chi connectivity index (χ3n) is 5.89. The number of rotatable bonds is 6. The predicted octanol–water partition coefficient (Wildman–Crippen LogP) is 7.24. The molecule has 1 aliphatic carbocycles. The lowest BCUT2D eigenvalue weighted by molar-refractivity contribution is 0.307. The van der Waals surface area contributed by atoms with Crippen LogP contribution in [0.25, 0.3) is 0 Å². The van der Waals surface area contributed by atoms with Crippen LogP contribution in [0.1, 0.15) is 68.1 Å². The van der Waals surface area contributed by atoms with Gasteiger partial charge in [-0.15, -0.1) is 0 Å². The average molecular weight is 396 g/mol. The molecule has 0 bridgehead atoms. The maximum Gasteiger partial charge on any atom is 0.194 e. The summed E-state index contributed by atoms with van der Waals surface area (Å²) in [5, 5.41) is 0. The van der Waals surface area contributed by atoms with Gasteiger partial charge in [-0.3, -0.25) is 0 Å². The first-order chi connectivity index (χ1) is 13.4. The van der Waals surface area contributed by atoms with Gasteiger partial charge in [0.25, 0.3) is 0 Å². The molecule has 1 fully saturated rings. The van der Waals surface area contributed by atoms with Crippen molar-refractivity contribution in [3.8, 4) is 0 Å². The van der Waals surface area contributed by atoms with Crippen LogP contribution in [0.3, 0.4) is 0 Å². The second kappa shape index (κ2) is 9.06. The van der Waals surface area contributed by atoms with Crippen molar-refractivity contribution in [1.29, 1.82) is 0 Å². The van der Waals surface area contributed by atoms with Gasteiger partial charge in [-0.05, 0) is 85.8 Å². The van der Waals surface area contributed by atoms with Crippen LogP contribution in [0.2, 0.25) is 0 Å². The van der Waals surface area contributed by atoms with Gasteiger partial charge < -0.3 is 0 Å². The van der Waals surface area contributed by atoms with E-state index in [4.69, 9.17) is 0 Å². The lowest BCUT2D eigenvalue weighted by Gasteiger charge is -2.29. The third-order valence-corrected chi connectivity index (χ3v) is 5.89. The topological polar surface area (TPSA) is 0 Å². The Morgan fingerprint density at radius 3 is 1.86 bits per heavy atom. The van der Waals surface area contributed by atoms with Gasteiger partial charge in [0.2, 0.25) is 0 Å². The van der Waals surface area contributed by atoms with Crippen molar-refractivity contribution in [2.75, 3.05) is 0 Å². The molecule has 1 saturated carbocycles. The highest BCUT2D eigenvalue weighted by Gasteiger charge is 2.24. The summed E-state index contributed by atoms with van der Waals surface area (Å²) in [5.41, 5.74) is 0.745. The standard InChI is InChI=1S/C23H25F5/c1-2-3-14-4-7-16(8-5-14)17-12-19(24)18(20(25)13-17)9-6-15-10-21(26)23(28)22(27)11-15/h10-14,16H,2-9H2,1H3/t14-,16-. The van der Waals surface area contributed by atoms with Crippen molar-refractivity contribution < 1.29 is 22.0 Å². The molecule has 2 aromatic carbocycles. The van der Waals surface area contributed by atoms with Crippen LogP contribution in [0, 0.1) is 35.0 Å². The molecule has 0 amide bonds. The second-order valence-electron chi connectivity index (χ2n) is 7.84. The van der Waals surface area contributed by atoms with Crippen LogP contribution in [-0.4, -0.2) is 0 Å². The van der Waals surface area contributed by atoms with E-state index in [0.29, 0.717) is 11.5 Å². The Balaban J connectivity index is 1.69. The Labute approximate surface area is 162 Å². The maximum atomic E-state index is 14.5. The van der Waals surface area contributed by atoms with Gasteiger partial charge in [0.05, 0.1) is 0 Å². The van der Waals surface area contributed by atoms with Crippen LogP contribution in [0.4, 0.5) is 22.0 Å². The van der Waals surface area contributed by atoms with Gasteiger partial charge in [-0.25, -0.2) is 22.0 Å². The number of aryl methyl sites for hydroxylation is 1. The molecule has 3 rings (SSSR count). The van der Waals surface area contributed by atoms with Crippen molar-refractivity contribution in [1.82, 2.24) is 0 Å². The molecule has 0 radical (unpaired) electrons. The smallest absolute Gasteiger partial charge is 0.194 e. The second-order valence-corrected chi connectivity index (χ2v) is 7.84. The molecule has 1 aliphatic rings. The Morgan fingerprint density at radius 1 is 0.750 bits per heavy atom. The van der Waals surface area contributed by atoms with E-state index in [-0.39, 0.29) is 29.9 Å². The highest BCUT2D eigenvalue weighted by atomic mass is 19.2. The summed E-state index contributed by atoms with van der Waals surface area (Å²) in [6.07, 6.45) is 6.40. The van der Waals surface area contributed by atoms with E-state index in [1.165, 1.54) is 18.6 Å². The van der Waals surface area contributed by atoms with E-state index in [1.807, 2.05) is 0 Å². The molecule has 0 aliphatic heterocycles. The molecule has 0 spiro atoms. The lowest BCUT2D eigenvalue weighted by atomic mass is 9.77. The highest BCUT2D eigenvalue weighted by molar-refractivity contribution is 5.30. The number of hydrogen-bond acceptors (Lipinski definition) is 0. The quantitative estimate of drug-likeness (QED) is 0.357. The minimum Gasteiger partial charge on any atom is -0.207 e. The molecule has 0 heterocycles. The Bertz CT molecular complexity index is 776. The number of halogens is 5. The van der Waals surface area contributed by atoms with Crippen molar-refractivity contribution in [3.05, 3.63) is 70.0 Å². The van der Waals surface area contributed by atoms with Crippen molar-refractivity contribution >= 4 is 0 Å². The van der Waals surface area contributed by atoms with Crippen molar-refractivity contribution in [2.24, 2.45) is 5.92 Å². The Hall–Kier alpha value is -1.91. The molecule has 0 aromatic heterocycles. The van der Waals surface area contributed by atoms with Crippen LogP contribution < -0.4 is 0 Å². The minimum absolute atomic E-state index is 0.0173. The van der Waals surface area contributed by atoms with E-state index in [0.717, 1.165) is 44.2 Å². The summed E-state index contributed by atoms with van der Waals surface area (Å²) in [5.74, 6) is -4.52. The Kier molecular flexibility index (Phi) is 6.73. The largest absolute Gasteiger partial charge is 0.207 e. The summed E-state index contributed by atoms with van der Waals surface area (Å²) >= 11 is 0. The van der Waals surface area contributed by atoms with Gasteiger partial charge in [0.15, 0.2) is 17.5 Å². The molecule has 0 saturated heterocycles. The fourth-order valence-corrected chi connectivity index (χ4v) is 4.31. The van der Waals surface area contributed by atoms with Crippen LogP contribution in [0.15, 0.2) is 24.3 Å². The van der Waals surface area contributed by atoms with Gasteiger partial charge in [-0.2, -0.15) is 0 Å². The monoisotopic (exact) mass is 396 g/mol. The summed E-state index contributed by atoms with van der Waals surface area (Å²) in [4.78, 5) is 0. The van der Waals surface area contributed by atoms with E-state index in [2.05, 4.69) is 6.92 Å². The summed E-state index contributed by atoms with van der Waals surface area (Å²) in [6, 6.07) is 4.51. The van der Waals surface area contributed by atoms with Crippen LogP contribution in [0.5, 0.6) is 0 Å². The molecule has 28 heavy (non-hydrogen) atoms. The zero-order valence-electron chi connectivity index (χ0n) is 16.0. The Morgan fingerprint density at radius 2 is 1.32 bits per heavy atom. The van der Waals surface area contributed by atoms with E-state index >= 15 is 0 Å². The van der Waals surface area contributed by atoms with Crippen LogP contribution >= 0.6 is 0 Å². The maximum absolute atomic E-state index is 14.5. The molecule has 0 N–H and O–H groups in total. The molecule has 5 heteroatoms. The molecule has 0 nitrogen and oxygen atoms in total.